The summed E-state index contributed by atoms with van der Waals surface area (Å²) in [6.45, 7) is 0.137. The Morgan fingerprint density at radius 2 is 1.12 bits per heavy atom. The van der Waals surface area contributed by atoms with Gasteiger partial charge in [-0.25, -0.2) is 0 Å². The van der Waals surface area contributed by atoms with Crippen LogP contribution in [0.2, 0.25) is 0 Å². The molecule has 0 aliphatic heterocycles. The second kappa shape index (κ2) is 5.99. The predicted octanol–water partition coefficient (Wildman–Crippen LogP) is 0.326. The molecule has 0 atom stereocenters. The molecule has 0 aliphatic carbocycles. The van der Waals surface area contributed by atoms with Crippen molar-refractivity contribution >= 4 is 23.9 Å². The number of rotatable bonds is 4. The van der Waals surface area contributed by atoms with Crippen molar-refractivity contribution in [1.29, 1.82) is 0 Å². The van der Waals surface area contributed by atoms with Gasteiger partial charge in [0.25, 0.3) is 0 Å². The number of hydrogen-bond acceptors (Lipinski definition) is 2. The first-order valence-corrected chi connectivity index (χ1v) is 7.12. The third-order valence-corrected chi connectivity index (χ3v) is 5.10. The molecule has 0 unspecified atom stereocenters. The fourth-order valence-electron chi connectivity index (χ4n) is 1.59. The van der Waals surface area contributed by atoms with Gasteiger partial charge in [-0.3, -0.25) is 0 Å². The molecular weight excluding hydrogens is 279 g/mol. The molecule has 88 valence electrons. The molecule has 0 aliphatic rings. The maximum absolute atomic E-state index is 9.28. The van der Waals surface area contributed by atoms with E-state index < -0.39 is 0 Å². The molecule has 0 spiro atoms. The normalized spacial score (nSPS) is 10.5. The van der Waals surface area contributed by atoms with Crippen molar-refractivity contribution in [1.82, 2.24) is 0 Å². The van der Waals surface area contributed by atoms with Gasteiger partial charge in [-0.15, -0.1) is 0 Å². The molecule has 0 heterocycles. The van der Waals surface area contributed by atoms with Crippen molar-refractivity contribution in [2.45, 2.75) is 13.2 Å². The summed E-state index contributed by atoms with van der Waals surface area (Å²) in [6.07, 6.45) is 0. The third-order valence-electron chi connectivity index (χ3n) is 2.51. The number of benzene rings is 2. The van der Waals surface area contributed by atoms with E-state index in [0.717, 1.165) is 11.1 Å². The fourth-order valence-corrected chi connectivity index (χ4v) is 3.81. The molecule has 2 aromatic rings. The first kappa shape index (κ1) is 12.3. The van der Waals surface area contributed by atoms with E-state index in [1.54, 1.807) is 0 Å². The van der Waals surface area contributed by atoms with E-state index in [1.807, 2.05) is 48.5 Å². The van der Waals surface area contributed by atoms with Crippen molar-refractivity contribution < 1.29 is 10.2 Å². The van der Waals surface area contributed by atoms with E-state index in [4.69, 9.17) is 0 Å². The monoisotopic (exact) mass is 294 g/mol. The summed E-state index contributed by atoms with van der Waals surface area (Å²) in [7, 11) is 0. The Kier molecular flexibility index (Phi) is 4.35. The summed E-state index contributed by atoms with van der Waals surface area (Å²) >= 11 is 0.124. The van der Waals surface area contributed by atoms with Crippen molar-refractivity contribution in [3.8, 4) is 0 Å². The molecule has 0 fully saturated rings. The molecule has 0 saturated heterocycles. The van der Waals surface area contributed by atoms with Crippen LogP contribution >= 0.6 is 0 Å². The van der Waals surface area contributed by atoms with Gasteiger partial charge >= 0.3 is 107 Å². The second-order valence-electron chi connectivity index (χ2n) is 3.63. The predicted molar refractivity (Wildman–Crippen MR) is 69.8 cm³/mol. The molecule has 2 rings (SSSR count). The zero-order valence-corrected chi connectivity index (χ0v) is 11.0. The van der Waals surface area contributed by atoms with Crippen LogP contribution in [-0.2, 0) is 13.2 Å². The first-order chi connectivity index (χ1) is 8.35. The molecule has 0 aromatic heterocycles. The Bertz CT molecular complexity index is 452. The van der Waals surface area contributed by atoms with Crippen LogP contribution in [0.5, 0.6) is 0 Å². The number of hydrogen-bond donors (Lipinski definition) is 2. The average Bonchev–Trinajstić information content (AvgIpc) is 2.40. The van der Waals surface area contributed by atoms with Crippen LogP contribution < -0.4 is 8.92 Å². The first-order valence-electron chi connectivity index (χ1n) is 5.40. The molecule has 2 N–H and O–H groups in total. The summed E-state index contributed by atoms with van der Waals surface area (Å²) in [6, 6.07) is 15.8. The van der Waals surface area contributed by atoms with Crippen molar-refractivity contribution in [2.75, 3.05) is 0 Å². The number of aliphatic hydroxyl groups excluding tert-OH is 2. The number of aliphatic hydroxyl groups is 2. The van der Waals surface area contributed by atoms with Crippen LogP contribution in [0.15, 0.2) is 48.5 Å². The SMILES string of the molecule is OCc1ccccc1[Se]c1ccccc1CO. The summed E-state index contributed by atoms with van der Waals surface area (Å²) in [5.74, 6) is 0. The van der Waals surface area contributed by atoms with Crippen LogP contribution in [0.25, 0.3) is 0 Å². The Morgan fingerprint density at radius 1 is 0.706 bits per heavy atom. The van der Waals surface area contributed by atoms with E-state index >= 15 is 0 Å². The molecule has 0 radical (unpaired) electrons. The van der Waals surface area contributed by atoms with Crippen molar-refractivity contribution in [3.63, 3.8) is 0 Å². The van der Waals surface area contributed by atoms with E-state index in [-0.39, 0.29) is 28.2 Å². The standard InChI is InChI=1S/C14H14O2Se/c15-9-11-5-1-3-7-13(11)17-14-8-4-2-6-12(14)10-16/h1-8,15-16H,9-10H2. The molecule has 0 amide bonds. The molecule has 0 bridgehead atoms. The Morgan fingerprint density at radius 3 is 1.53 bits per heavy atom. The zero-order valence-electron chi connectivity index (χ0n) is 9.34. The van der Waals surface area contributed by atoms with Gasteiger partial charge in [-0.2, -0.15) is 0 Å². The topological polar surface area (TPSA) is 40.5 Å². The van der Waals surface area contributed by atoms with E-state index in [0.29, 0.717) is 0 Å². The summed E-state index contributed by atoms with van der Waals surface area (Å²) in [4.78, 5) is 0. The van der Waals surface area contributed by atoms with Crippen LogP contribution in [0.1, 0.15) is 11.1 Å². The summed E-state index contributed by atoms with van der Waals surface area (Å²) in [5, 5.41) is 18.6. The van der Waals surface area contributed by atoms with Gasteiger partial charge in [-0.1, -0.05) is 0 Å². The Labute approximate surface area is 107 Å². The van der Waals surface area contributed by atoms with Gasteiger partial charge in [0.05, 0.1) is 0 Å². The molecule has 2 nitrogen and oxygen atoms in total. The average molecular weight is 293 g/mol. The van der Waals surface area contributed by atoms with Gasteiger partial charge < -0.3 is 0 Å². The van der Waals surface area contributed by atoms with Crippen LogP contribution in [0.3, 0.4) is 0 Å². The maximum atomic E-state index is 9.28. The minimum absolute atomic E-state index is 0.0687. The van der Waals surface area contributed by atoms with E-state index in [2.05, 4.69) is 0 Å². The van der Waals surface area contributed by atoms with Crippen molar-refractivity contribution in [2.24, 2.45) is 0 Å². The molecular formula is C14H14O2Se. The van der Waals surface area contributed by atoms with Gasteiger partial charge in [0.2, 0.25) is 0 Å². The van der Waals surface area contributed by atoms with Crippen molar-refractivity contribution in [3.05, 3.63) is 59.7 Å². The van der Waals surface area contributed by atoms with Gasteiger partial charge in [-0.05, 0) is 0 Å². The molecule has 3 heteroatoms. The Balaban J connectivity index is 2.31. The second-order valence-corrected chi connectivity index (χ2v) is 5.91. The van der Waals surface area contributed by atoms with Gasteiger partial charge in [0.15, 0.2) is 0 Å². The zero-order chi connectivity index (χ0) is 12.1. The van der Waals surface area contributed by atoms with Gasteiger partial charge in [0, 0.05) is 0 Å². The summed E-state index contributed by atoms with van der Waals surface area (Å²) in [5.41, 5.74) is 1.94. The van der Waals surface area contributed by atoms with Crippen LogP contribution in [-0.4, -0.2) is 25.2 Å². The quantitative estimate of drug-likeness (QED) is 0.798. The minimum atomic E-state index is 0.0687. The molecule has 17 heavy (non-hydrogen) atoms. The third kappa shape index (κ3) is 2.96. The van der Waals surface area contributed by atoms with Gasteiger partial charge in [0.1, 0.15) is 0 Å². The fraction of sp³-hybridized carbons (Fsp3) is 0.143. The van der Waals surface area contributed by atoms with E-state index in [9.17, 15) is 10.2 Å². The van der Waals surface area contributed by atoms with Crippen LogP contribution in [0, 0.1) is 0 Å². The molecule has 2 aromatic carbocycles. The van der Waals surface area contributed by atoms with E-state index in [1.165, 1.54) is 8.92 Å². The molecule has 0 saturated carbocycles. The summed E-state index contributed by atoms with van der Waals surface area (Å²) < 4.78 is 2.34. The van der Waals surface area contributed by atoms with Crippen LogP contribution in [0.4, 0.5) is 0 Å². The Hall–Kier alpha value is -1.12.